The molecule has 0 saturated carbocycles. The molecule has 0 aliphatic rings. The van der Waals surface area contributed by atoms with Crippen LogP contribution in [0.3, 0.4) is 0 Å². The van der Waals surface area contributed by atoms with Crippen LogP contribution in [0.2, 0.25) is 5.15 Å². The lowest BCUT2D eigenvalue weighted by Gasteiger charge is -2.14. The van der Waals surface area contributed by atoms with Gasteiger partial charge >= 0.3 is 0 Å². The summed E-state index contributed by atoms with van der Waals surface area (Å²) < 4.78 is 1.68. The van der Waals surface area contributed by atoms with Gasteiger partial charge in [0.2, 0.25) is 0 Å². The van der Waals surface area contributed by atoms with E-state index in [1.54, 1.807) is 10.9 Å². The summed E-state index contributed by atoms with van der Waals surface area (Å²) in [7, 11) is 1.84. The average molecular weight is 265 g/mol. The van der Waals surface area contributed by atoms with Crippen molar-refractivity contribution in [1.82, 2.24) is 14.8 Å². The Kier molecular flexibility index (Phi) is 3.68. The quantitative estimate of drug-likeness (QED) is 0.926. The number of pyridine rings is 1. The van der Waals surface area contributed by atoms with Gasteiger partial charge in [-0.1, -0.05) is 11.6 Å². The number of hydrogen-bond acceptors (Lipinski definition) is 3. The summed E-state index contributed by atoms with van der Waals surface area (Å²) in [5.41, 5.74) is 10.4. The van der Waals surface area contributed by atoms with E-state index < -0.39 is 0 Å². The number of nitrogens with two attached hydrogens (primary N) is 1. The third-order valence-corrected chi connectivity index (χ3v) is 3.63. The van der Waals surface area contributed by atoms with E-state index in [-0.39, 0.29) is 6.04 Å². The van der Waals surface area contributed by atoms with Crippen molar-refractivity contribution < 1.29 is 0 Å². The van der Waals surface area contributed by atoms with Crippen LogP contribution in [0, 0.1) is 13.8 Å². The minimum Gasteiger partial charge on any atom is -0.324 e. The molecule has 18 heavy (non-hydrogen) atoms. The third kappa shape index (κ3) is 2.40. The van der Waals surface area contributed by atoms with E-state index in [0.29, 0.717) is 11.6 Å². The molecular weight excluding hydrogens is 248 g/mol. The lowest BCUT2D eigenvalue weighted by molar-refractivity contribution is 0.711. The summed E-state index contributed by atoms with van der Waals surface area (Å²) >= 11 is 6.22. The van der Waals surface area contributed by atoms with Gasteiger partial charge in [0.15, 0.2) is 0 Å². The van der Waals surface area contributed by atoms with Crippen LogP contribution in [0.15, 0.2) is 18.5 Å². The normalized spacial score (nSPS) is 12.7. The maximum atomic E-state index is 6.25. The van der Waals surface area contributed by atoms with Gasteiger partial charge in [-0.05, 0) is 37.5 Å². The van der Waals surface area contributed by atoms with Gasteiger partial charge in [0, 0.05) is 31.0 Å². The van der Waals surface area contributed by atoms with Crippen molar-refractivity contribution in [2.75, 3.05) is 0 Å². The van der Waals surface area contributed by atoms with Crippen LogP contribution >= 0.6 is 11.6 Å². The monoisotopic (exact) mass is 264 g/mol. The zero-order chi connectivity index (χ0) is 13.3. The van der Waals surface area contributed by atoms with Gasteiger partial charge in [0.1, 0.15) is 5.15 Å². The van der Waals surface area contributed by atoms with Crippen molar-refractivity contribution in [2.45, 2.75) is 26.3 Å². The molecule has 0 amide bonds. The summed E-state index contributed by atoms with van der Waals surface area (Å²) in [5, 5.41) is 4.96. The molecule has 0 aliphatic carbocycles. The second-order valence-electron chi connectivity index (χ2n) is 4.52. The molecule has 0 aromatic carbocycles. The van der Waals surface area contributed by atoms with Gasteiger partial charge in [-0.2, -0.15) is 5.10 Å². The van der Waals surface area contributed by atoms with Gasteiger partial charge in [-0.15, -0.1) is 0 Å². The van der Waals surface area contributed by atoms with Crippen molar-refractivity contribution in [3.63, 3.8) is 0 Å². The molecule has 0 aliphatic heterocycles. The zero-order valence-electron chi connectivity index (χ0n) is 10.8. The van der Waals surface area contributed by atoms with Gasteiger partial charge in [-0.25, -0.2) is 0 Å². The molecular formula is C13H17ClN4. The van der Waals surface area contributed by atoms with E-state index in [1.165, 1.54) is 0 Å². The lowest BCUT2D eigenvalue weighted by atomic mass is 9.98. The van der Waals surface area contributed by atoms with Crippen LogP contribution in [-0.4, -0.2) is 14.8 Å². The lowest BCUT2D eigenvalue weighted by Crippen LogP contribution is -2.15. The first-order valence-corrected chi connectivity index (χ1v) is 6.22. The highest BCUT2D eigenvalue weighted by Crippen LogP contribution is 2.25. The fraction of sp³-hybridized carbons (Fsp3) is 0.385. The zero-order valence-corrected chi connectivity index (χ0v) is 11.6. The molecule has 1 unspecified atom stereocenters. The molecule has 0 saturated heterocycles. The number of nitrogens with zero attached hydrogens (tertiary/aromatic N) is 3. The Bertz CT molecular complexity index is 562. The number of aryl methyl sites for hydroxylation is 3. The van der Waals surface area contributed by atoms with Crippen molar-refractivity contribution in [2.24, 2.45) is 12.8 Å². The minimum absolute atomic E-state index is 0.0894. The summed E-state index contributed by atoms with van der Waals surface area (Å²) in [6, 6.07) is 1.87. The van der Waals surface area contributed by atoms with Crippen molar-refractivity contribution in [3.05, 3.63) is 46.0 Å². The van der Waals surface area contributed by atoms with Crippen molar-refractivity contribution in [1.29, 1.82) is 0 Å². The molecule has 0 bridgehead atoms. The molecule has 2 rings (SSSR count). The Labute approximate surface area is 112 Å². The predicted octanol–water partition coefficient (Wildman–Crippen LogP) is 2.33. The largest absolute Gasteiger partial charge is 0.324 e. The van der Waals surface area contributed by atoms with Crippen LogP contribution in [0.25, 0.3) is 0 Å². The summed E-state index contributed by atoms with van der Waals surface area (Å²) in [4.78, 5) is 4.08. The highest BCUT2D eigenvalue weighted by Gasteiger charge is 2.16. The molecule has 2 heterocycles. The first kappa shape index (κ1) is 13.1. The predicted molar refractivity (Wildman–Crippen MR) is 72.6 cm³/mol. The summed E-state index contributed by atoms with van der Waals surface area (Å²) in [5.74, 6) is 0. The van der Waals surface area contributed by atoms with Crippen LogP contribution in [0.5, 0.6) is 0 Å². The van der Waals surface area contributed by atoms with Crippen molar-refractivity contribution in [3.8, 4) is 0 Å². The summed E-state index contributed by atoms with van der Waals surface area (Å²) in [6.45, 7) is 3.97. The van der Waals surface area contributed by atoms with Crippen LogP contribution in [0.4, 0.5) is 0 Å². The number of halogens is 1. The van der Waals surface area contributed by atoms with Crippen LogP contribution in [-0.2, 0) is 13.5 Å². The smallest absolute Gasteiger partial charge is 0.130 e. The Morgan fingerprint density at radius 2 is 2.17 bits per heavy atom. The van der Waals surface area contributed by atoms with Gasteiger partial charge in [-0.3, -0.25) is 9.67 Å². The fourth-order valence-electron chi connectivity index (χ4n) is 2.14. The van der Waals surface area contributed by atoms with Crippen molar-refractivity contribution >= 4 is 11.6 Å². The standard InChI is InChI=1S/C13H17ClN4/c1-8-7-16-5-4-10(8)12(15)6-11-9(2)17-18(3)13(11)14/h4-5,7,12H,6,15H2,1-3H3. The third-order valence-electron chi connectivity index (χ3n) is 3.16. The number of aromatic nitrogens is 3. The fourth-order valence-corrected chi connectivity index (χ4v) is 2.39. The van der Waals surface area contributed by atoms with E-state index >= 15 is 0 Å². The van der Waals surface area contributed by atoms with Crippen LogP contribution in [0.1, 0.15) is 28.4 Å². The van der Waals surface area contributed by atoms with Gasteiger partial charge in [0.25, 0.3) is 0 Å². The maximum absolute atomic E-state index is 6.25. The van der Waals surface area contributed by atoms with E-state index in [2.05, 4.69) is 10.1 Å². The highest BCUT2D eigenvalue weighted by molar-refractivity contribution is 6.30. The minimum atomic E-state index is -0.0894. The molecule has 2 aromatic heterocycles. The maximum Gasteiger partial charge on any atom is 0.130 e. The van der Waals surface area contributed by atoms with Crippen LogP contribution < -0.4 is 5.73 Å². The van der Waals surface area contributed by atoms with Gasteiger partial charge < -0.3 is 5.73 Å². The molecule has 0 spiro atoms. The molecule has 2 N–H and O–H groups in total. The highest BCUT2D eigenvalue weighted by atomic mass is 35.5. The number of hydrogen-bond donors (Lipinski definition) is 1. The second-order valence-corrected chi connectivity index (χ2v) is 4.88. The molecule has 96 valence electrons. The molecule has 5 heteroatoms. The molecule has 2 aromatic rings. The first-order valence-electron chi connectivity index (χ1n) is 5.84. The Morgan fingerprint density at radius 3 is 2.72 bits per heavy atom. The molecule has 0 radical (unpaired) electrons. The number of rotatable bonds is 3. The van der Waals surface area contributed by atoms with E-state index in [1.807, 2.05) is 33.2 Å². The Morgan fingerprint density at radius 1 is 1.44 bits per heavy atom. The molecule has 4 nitrogen and oxygen atoms in total. The molecule has 0 fully saturated rings. The first-order chi connectivity index (χ1) is 8.50. The SMILES string of the molecule is Cc1cnccc1C(N)Cc1c(C)nn(C)c1Cl. The average Bonchev–Trinajstić information content (AvgIpc) is 2.56. The second kappa shape index (κ2) is 5.08. The van der Waals surface area contributed by atoms with E-state index in [4.69, 9.17) is 17.3 Å². The summed E-state index contributed by atoms with van der Waals surface area (Å²) in [6.07, 6.45) is 4.27. The Hall–Kier alpha value is -1.39. The van der Waals surface area contributed by atoms with E-state index in [9.17, 15) is 0 Å². The van der Waals surface area contributed by atoms with Gasteiger partial charge in [0.05, 0.1) is 5.69 Å². The Balaban J connectivity index is 2.27. The topological polar surface area (TPSA) is 56.7 Å². The molecule has 1 atom stereocenters. The van der Waals surface area contributed by atoms with E-state index in [0.717, 1.165) is 22.4 Å².